The molecule has 3 rings (SSSR count). The molecule has 0 aliphatic carbocycles. The SMILES string of the molecule is COc1ccc(CCN2C(=O)C(O)=C(C(C)=O)[C@H]2c2ccccc2)cc1OC. The fourth-order valence-electron chi connectivity index (χ4n) is 3.51. The van der Waals surface area contributed by atoms with E-state index in [4.69, 9.17) is 9.47 Å². The maximum atomic E-state index is 12.7. The van der Waals surface area contributed by atoms with Crippen LogP contribution in [0.5, 0.6) is 11.5 Å². The van der Waals surface area contributed by atoms with Crippen molar-refractivity contribution in [2.45, 2.75) is 19.4 Å². The minimum Gasteiger partial charge on any atom is -0.503 e. The number of hydrogen-bond donors (Lipinski definition) is 1. The Morgan fingerprint density at radius 1 is 1.07 bits per heavy atom. The summed E-state index contributed by atoms with van der Waals surface area (Å²) in [5.41, 5.74) is 1.88. The predicted molar refractivity (Wildman–Crippen MR) is 104 cm³/mol. The standard InChI is InChI=1S/C22H23NO5/c1-14(24)19-20(16-7-5-4-6-8-16)23(22(26)21(19)25)12-11-15-9-10-17(27-2)18(13-15)28-3/h4-10,13,20,25H,11-12H2,1-3H3/t20-/m1/s1. The van der Waals surface area contributed by atoms with Gasteiger partial charge in [-0.2, -0.15) is 0 Å². The molecular formula is C22H23NO5. The van der Waals surface area contributed by atoms with Crippen LogP contribution in [-0.4, -0.2) is 42.5 Å². The summed E-state index contributed by atoms with van der Waals surface area (Å²) in [5.74, 6) is -0.0666. The minimum atomic E-state index is -0.591. The zero-order chi connectivity index (χ0) is 20.3. The molecule has 6 nitrogen and oxygen atoms in total. The van der Waals surface area contributed by atoms with Crippen molar-refractivity contribution in [1.29, 1.82) is 0 Å². The van der Waals surface area contributed by atoms with Crippen molar-refractivity contribution in [3.8, 4) is 11.5 Å². The van der Waals surface area contributed by atoms with Crippen LogP contribution in [0.1, 0.15) is 24.1 Å². The van der Waals surface area contributed by atoms with Crippen LogP contribution in [-0.2, 0) is 16.0 Å². The monoisotopic (exact) mass is 381 g/mol. The zero-order valence-electron chi connectivity index (χ0n) is 16.1. The Morgan fingerprint density at radius 2 is 1.75 bits per heavy atom. The van der Waals surface area contributed by atoms with Gasteiger partial charge < -0.3 is 19.5 Å². The Kier molecular flexibility index (Phi) is 5.68. The molecule has 2 aromatic rings. The smallest absolute Gasteiger partial charge is 0.290 e. The Morgan fingerprint density at radius 3 is 2.36 bits per heavy atom. The van der Waals surface area contributed by atoms with Crippen LogP contribution >= 0.6 is 0 Å². The van der Waals surface area contributed by atoms with Crippen LogP contribution in [0.3, 0.4) is 0 Å². The molecule has 0 unspecified atom stereocenters. The minimum absolute atomic E-state index is 0.142. The number of amides is 1. The van der Waals surface area contributed by atoms with Gasteiger partial charge in [-0.1, -0.05) is 36.4 Å². The van der Waals surface area contributed by atoms with E-state index in [0.717, 1.165) is 11.1 Å². The van der Waals surface area contributed by atoms with E-state index >= 15 is 0 Å². The number of ketones is 1. The number of ether oxygens (including phenoxy) is 2. The zero-order valence-corrected chi connectivity index (χ0v) is 16.1. The van der Waals surface area contributed by atoms with Crippen molar-refractivity contribution in [3.63, 3.8) is 0 Å². The number of carbonyl (C=O) groups excluding carboxylic acids is 2. The third-order valence-electron chi connectivity index (χ3n) is 4.89. The molecule has 0 spiro atoms. The number of hydrogen-bond acceptors (Lipinski definition) is 5. The first-order chi connectivity index (χ1) is 13.5. The van der Waals surface area contributed by atoms with Gasteiger partial charge in [-0.05, 0) is 36.6 Å². The number of aliphatic hydroxyl groups excluding tert-OH is 1. The number of Topliss-reactive ketones (excluding diaryl/α,β-unsaturated/α-hetero) is 1. The summed E-state index contributed by atoms with van der Waals surface area (Å²) >= 11 is 0. The number of carbonyl (C=O) groups is 2. The molecule has 0 aromatic heterocycles. The first-order valence-electron chi connectivity index (χ1n) is 8.98. The summed E-state index contributed by atoms with van der Waals surface area (Å²) in [7, 11) is 3.14. The summed E-state index contributed by atoms with van der Waals surface area (Å²) < 4.78 is 10.6. The van der Waals surface area contributed by atoms with E-state index in [0.29, 0.717) is 24.5 Å². The number of benzene rings is 2. The largest absolute Gasteiger partial charge is 0.503 e. The summed E-state index contributed by atoms with van der Waals surface area (Å²) in [6, 6.07) is 14.2. The lowest BCUT2D eigenvalue weighted by molar-refractivity contribution is -0.129. The molecule has 1 amide bonds. The predicted octanol–water partition coefficient (Wildman–Crippen LogP) is 3.23. The van der Waals surface area contributed by atoms with E-state index in [9.17, 15) is 14.7 Å². The van der Waals surface area contributed by atoms with Gasteiger partial charge in [-0.15, -0.1) is 0 Å². The van der Waals surface area contributed by atoms with Crippen molar-refractivity contribution >= 4 is 11.7 Å². The second-order valence-corrected chi connectivity index (χ2v) is 6.57. The molecule has 1 atom stereocenters. The normalized spacial score (nSPS) is 16.5. The average molecular weight is 381 g/mol. The Labute approximate surface area is 164 Å². The van der Waals surface area contributed by atoms with Crippen LogP contribution in [0.2, 0.25) is 0 Å². The summed E-state index contributed by atoms with van der Waals surface area (Å²) in [6.45, 7) is 1.71. The molecule has 6 heteroatoms. The highest BCUT2D eigenvalue weighted by Gasteiger charge is 2.41. The molecule has 0 bridgehead atoms. The molecule has 146 valence electrons. The number of rotatable bonds is 7. The Hall–Kier alpha value is -3.28. The van der Waals surface area contributed by atoms with Crippen molar-refractivity contribution in [2.24, 2.45) is 0 Å². The highest BCUT2D eigenvalue weighted by Crippen LogP contribution is 2.37. The molecule has 0 saturated heterocycles. The van der Waals surface area contributed by atoms with Crippen molar-refractivity contribution in [1.82, 2.24) is 4.90 Å². The van der Waals surface area contributed by atoms with Gasteiger partial charge in [0.15, 0.2) is 23.0 Å². The lowest BCUT2D eigenvalue weighted by Crippen LogP contribution is -2.32. The van der Waals surface area contributed by atoms with Crippen LogP contribution in [0.15, 0.2) is 59.9 Å². The first kappa shape index (κ1) is 19.5. The van der Waals surface area contributed by atoms with Crippen LogP contribution < -0.4 is 9.47 Å². The molecule has 1 N–H and O–H groups in total. The highest BCUT2D eigenvalue weighted by molar-refractivity contribution is 6.08. The maximum absolute atomic E-state index is 12.7. The summed E-state index contributed by atoms with van der Waals surface area (Å²) in [5, 5.41) is 10.3. The molecule has 28 heavy (non-hydrogen) atoms. The van der Waals surface area contributed by atoms with E-state index in [-0.39, 0.29) is 11.4 Å². The third-order valence-corrected chi connectivity index (χ3v) is 4.89. The van der Waals surface area contributed by atoms with E-state index in [1.54, 1.807) is 14.2 Å². The topological polar surface area (TPSA) is 76.1 Å². The first-order valence-corrected chi connectivity index (χ1v) is 8.98. The fourth-order valence-corrected chi connectivity index (χ4v) is 3.51. The molecule has 1 aliphatic rings. The van der Waals surface area contributed by atoms with Crippen LogP contribution in [0.4, 0.5) is 0 Å². The molecule has 0 fully saturated rings. The molecular weight excluding hydrogens is 358 g/mol. The van der Waals surface area contributed by atoms with Crippen LogP contribution in [0.25, 0.3) is 0 Å². The van der Waals surface area contributed by atoms with E-state index in [1.807, 2.05) is 48.5 Å². The van der Waals surface area contributed by atoms with Gasteiger partial charge >= 0.3 is 0 Å². The van der Waals surface area contributed by atoms with Crippen molar-refractivity contribution in [2.75, 3.05) is 20.8 Å². The molecule has 1 aliphatic heterocycles. The van der Waals surface area contributed by atoms with Gasteiger partial charge in [-0.3, -0.25) is 9.59 Å². The second-order valence-electron chi connectivity index (χ2n) is 6.57. The Bertz CT molecular complexity index is 920. The van der Waals surface area contributed by atoms with Gasteiger partial charge in [-0.25, -0.2) is 0 Å². The van der Waals surface area contributed by atoms with Gasteiger partial charge in [0, 0.05) is 6.54 Å². The third kappa shape index (κ3) is 3.58. The lowest BCUT2D eigenvalue weighted by atomic mass is 9.96. The summed E-state index contributed by atoms with van der Waals surface area (Å²) in [6.07, 6.45) is 0.536. The molecule has 0 radical (unpaired) electrons. The van der Waals surface area contributed by atoms with Gasteiger partial charge in [0.25, 0.3) is 5.91 Å². The number of methoxy groups -OCH3 is 2. The fraction of sp³-hybridized carbons (Fsp3) is 0.273. The lowest BCUT2D eigenvalue weighted by Gasteiger charge is -2.26. The molecule has 2 aromatic carbocycles. The molecule has 1 heterocycles. The number of aliphatic hydroxyl groups is 1. The van der Waals surface area contributed by atoms with E-state index < -0.39 is 17.7 Å². The highest BCUT2D eigenvalue weighted by atomic mass is 16.5. The van der Waals surface area contributed by atoms with E-state index in [1.165, 1.54) is 11.8 Å². The maximum Gasteiger partial charge on any atom is 0.290 e. The van der Waals surface area contributed by atoms with Crippen LogP contribution in [0, 0.1) is 0 Å². The number of nitrogens with zero attached hydrogens (tertiary/aromatic N) is 1. The molecule has 0 saturated carbocycles. The summed E-state index contributed by atoms with van der Waals surface area (Å²) in [4.78, 5) is 26.3. The van der Waals surface area contributed by atoms with Gasteiger partial charge in [0.2, 0.25) is 0 Å². The Balaban J connectivity index is 1.88. The van der Waals surface area contributed by atoms with E-state index in [2.05, 4.69) is 0 Å². The second kappa shape index (κ2) is 8.17. The van der Waals surface area contributed by atoms with Crippen molar-refractivity contribution in [3.05, 3.63) is 71.0 Å². The van der Waals surface area contributed by atoms with Gasteiger partial charge in [0.1, 0.15) is 0 Å². The quantitative estimate of drug-likeness (QED) is 0.797. The van der Waals surface area contributed by atoms with Crippen molar-refractivity contribution < 1.29 is 24.2 Å². The average Bonchev–Trinajstić information content (AvgIpc) is 2.97. The van der Waals surface area contributed by atoms with Gasteiger partial charge in [0.05, 0.1) is 25.8 Å².